The van der Waals surface area contributed by atoms with Crippen LogP contribution < -0.4 is 10.1 Å². The Morgan fingerprint density at radius 1 is 0.920 bits per heavy atom. The molecule has 0 bridgehead atoms. The number of esters is 1. The number of carbonyl (C=O) groups excluding carboxylic acids is 2. The van der Waals surface area contributed by atoms with Crippen molar-refractivity contribution in [2.45, 2.75) is 19.4 Å². The molecule has 0 aliphatic heterocycles. The molecule has 0 spiro atoms. The summed E-state index contributed by atoms with van der Waals surface area (Å²) in [6.07, 6.45) is 0.379. The highest BCUT2D eigenvalue weighted by Crippen LogP contribution is 2.25. The molecule has 126 valence electrons. The van der Waals surface area contributed by atoms with Crippen molar-refractivity contribution in [3.05, 3.63) is 78.4 Å². The fourth-order valence-electron chi connectivity index (χ4n) is 2.75. The summed E-state index contributed by atoms with van der Waals surface area (Å²) in [5.74, 6) is -0.252. The Morgan fingerprint density at radius 2 is 1.60 bits per heavy atom. The number of ether oxygens (including phenoxy) is 1. The van der Waals surface area contributed by atoms with Gasteiger partial charge in [0.2, 0.25) is 5.91 Å². The number of carbonyl (C=O) groups is 2. The van der Waals surface area contributed by atoms with Crippen LogP contribution in [0.25, 0.3) is 10.8 Å². The lowest BCUT2D eigenvalue weighted by atomic mass is 10.1. The van der Waals surface area contributed by atoms with Gasteiger partial charge in [-0.3, -0.25) is 4.79 Å². The average molecular weight is 333 g/mol. The maximum absolute atomic E-state index is 12.7. The van der Waals surface area contributed by atoms with Crippen molar-refractivity contribution in [2.24, 2.45) is 0 Å². The van der Waals surface area contributed by atoms with Gasteiger partial charge in [-0.2, -0.15) is 0 Å². The molecule has 0 saturated heterocycles. The summed E-state index contributed by atoms with van der Waals surface area (Å²) in [7, 11) is 0. The average Bonchev–Trinajstić information content (AvgIpc) is 2.62. The van der Waals surface area contributed by atoms with Gasteiger partial charge < -0.3 is 10.1 Å². The zero-order valence-corrected chi connectivity index (χ0v) is 13.9. The molecule has 0 aliphatic carbocycles. The summed E-state index contributed by atoms with van der Waals surface area (Å²) in [5, 5.41) is 4.54. The van der Waals surface area contributed by atoms with Crippen molar-refractivity contribution >= 4 is 22.6 Å². The second-order valence-electron chi connectivity index (χ2n) is 5.84. The van der Waals surface area contributed by atoms with Crippen LogP contribution in [0.5, 0.6) is 5.75 Å². The molecule has 0 aliphatic rings. The largest absolute Gasteiger partial charge is 0.424 e. The van der Waals surface area contributed by atoms with Crippen molar-refractivity contribution < 1.29 is 14.3 Å². The molecule has 1 amide bonds. The van der Waals surface area contributed by atoms with Gasteiger partial charge >= 0.3 is 5.97 Å². The van der Waals surface area contributed by atoms with Gasteiger partial charge in [0, 0.05) is 18.7 Å². The molecule has 0 unspecified atom stereocenters. The minimum absolute atomic E-state index is 0.268. The molecule has 3 aromatic carbocycles. The molecule has 0 saturated carbocycles. The first-order valence-electron chi connectivity index (χ1n) is 8.14. The van der Waals surface area contributed by atoms with Gasteiger partial charge in [0.05, 0.1) is 0 Å². The van der Waals surface area contributed by atoms with Crippen LogP contribution in [0.3, 0.4) is 0 Å². The quantitative estimate of drug-likeness (QED) is 0.574. The van der Waals surface area contributed by atoms with Gasteiger partial charge in [-0.05, 0) is 17.0 Å². The summed E-state index contributed by atoms with van der Waals surface area (Å²) < 4.78 is 5.61. The van der Waals surface area contributed by atoms with Gasteiger partial charge in [0.25, 0.3) is 0 Å². The van der Waals surface area contributed by atoms with Gasteiger partial charge in [-0.1, -0.05) is 66.7 Å². The third-order valence-electron chi connectivity index (χ3n) is 3.90. The number of benzene rings is 3. The van der Waals surface area contributed by atoms with Crippen LogP contribution in [0, 0.1) is 0 Å². The lowest BCUT2D eigenvalue weighted by Crippen LogP contribution is -2.43. The van der Waals surface area contributed by atoms with E-state index in [0.29, 0.717) is 12.2 Å². The van der Waals surface area contributed by atoms with Crippen LogP contribution >= 0.6 is 0 Å². The normalized spacial score (nSPS) is 11.7. The van der Waals surface area contributed by atoms with E-state index in [1.807, 2.05) is 66.7 Å². The van der Waals surface area contributed by atoms with E-state index in [9.17, 15) is 9.59 Å². The fourth-order valence-corrected chi connectivity index (χ4v) is 2.75. The Balaban J connectivity index is 1.83. The number of hydrogen-bond acceptors (Lipinski definition) is 3. The summed E-state index contributed by atoms with van der Waals surface area (Å²) in [5.41, 5.74) is 0.955. The maximum Gasteiger partial charge on any atom is 0.334 e. The molecule has 4 heteroatoms. The maximum atomic E-state index is 12.7. The van der Waals surface area contributed by atoms with Crippen LogP contribution in [0.1, 0.15) is 12.5 Å². The highest BCUT2D eigenvalue weighted by molar-refractivity contribution is 5.92. The molecule has 0 aromatic heterocycles. The van der Waals surface area contributed by atoms with Crippen LogP contribution in [0.15, 0.2) is 72.8 Å². The lowest BCUT2D eigenvalue weighted by molar-refractivity contribution is -0.138. The molecule has 0 radical (unpaired) electrons. The predicted molar refractivity (Wildman–Crippen MR) is 97.3 cm³/mol. The summed E-state index contributed by atoms with van der Waals surface area (Å²) in [4.78, 5) is 24.2. The van der Waals surface area contributed by atoms with Crippen molar-refractivity contribution in [2.75, 3.05) is 0 Å². The van der Waals surface area contributed by atoms with Crippen molar-refractivity contribution in [1.82, 2.24) is 5.32 Å². The number of nitrogens with one attached hydrogen (secondary N) is 1. The standard InChI is InChI=1S/C21H19NO3/c1-15(23)22-19(14-16-8-3-2-4-9-16)21(24)25-20-13-7-11-17-10-5-6-12-18(17)20/h2-13,19H,14H2,1H3,(H,22,23)/t19-/m0/s1. The van der Waals surface area contributed by atoms with E-state index in [4.69, 9.17) is 4.74 Å². The first kappa shape index (κ1) is 16.7. The SMILES string of the molecule is CC(=O)N[C@@H](Cc1ccccc1)C(=O)Oc1cccc2ccccc12. The zero-order valence-electron chi connectivity index (χ0n) is 13.9. The number of hydrogen-bond donors (Lipinski definition) is 1. The third-order valence-corrected chi connectivity index (χ3v) is 3.90. The molecule has 0 fully saturated rings. The van der Waals surface area contributed by atoms with Crippen molar-refractivity contribution in [3.63, 3.8) is 0 Å². The molecular weight excluding hydrogens is 314 g/mol. The fraction of sp³-hybridized carbons (Fsp3) is 0.143. The van der Waals surface area contributed by atoms with Crippen molar-refractivity contribution in [1.29, 1.82) is 0 Å². The Morgan fingerprint density at radius 3 is 2.36 bits per heavy atom. The minimum atomic E-state index is -0.737. The number of fused-ring (bicyclic) bond motifs is 1. The second-order valence-corrected chi connectivity index (χ2v) is 5.84. The predicted octanol–water partition coefficient (Wildman–Crippen LogP) is 3.49. The van der Waals surface area contributed by atoms with Crippen LogP contribution in [0.2, 0.25) is 0 Å². The van der Waals surface area contributed by atoms with E-state index in [1.54, 1.807) is 6.07 Å². The molecule has 1 N–H and O–H groups in total. The molecule has 3 aromatic rings. The molecular formula is C21H19NO3. The topological polar surface area (TPSA) is 55.4 Å². The van der Waals surface area contributed by atoms with Gasteiger partial charge in [0.1, 0.15) is 11.8 Å². The van der Waals surface area contributed by atoms with Gasteiger partial charge in [-0.15, -0.1) is 0 Å². The van der Waals surface area contributed by atoms with E-state index in [1.165, 1.54) is 6.92 Å². The lowest BCUT2D eigenvalue weighted by Gasteiger charge is -2.17. The second kappa shape index (κ2) is 7.62. The van der Waals surface area contributed by atoms with Crippen LogP contribution in [-0.2, 0) is 16.0 Å². The van der Waals surface area contributed by atoms with Gasteiger partial charge in [-0.25, -0.2) is 4.79 Å². The Hall–Kier alpha value is -3.14. The first-order chi connectivity index (χ1) is 12.1. The molecule has 0 heterocycles. The van der Waals surface area contributed by atoms with E-state index >= 15 is 0 Å². The van der Waals surface area contributed by atoms with E-state index in [2.05, 4.69) is 5.32 Å². The van der Waals surface area contributed by atoms with Gasteiger partial charge in [0.15, 0.2) is 0 Å². The van der Waals surface area contributed by atoms with Crippen molar-refractivity contribution in [3.8, 4) is 5.75 Å². The van der Waals surface area contributed by atoms with E-state index in [0.717, 1.165) is 16.3 Å². The summed E-state index contributed by atoms with van der Waals surface area (Å²) in [6, 6.07) is 22.1. The van der Waals surface area contributed by atoms with Crippen LogP contribution in [0.4, 0.5) is 0 Å². The number of rotatable bonds is 5. The Labute approximate surface area is 146 Å². The minimum Gasteiger partial charge on any atom is -0.424 e. The molecule has 1 atom stereocenters. The monoisotopic (exact) mass is 333 g/mol. The molecule has 3 rings (SSSR count). The van der Waals surface area contributed by atoms with E-state index < -0.39 is 12.0 Å². The Kier molecular flexibility index (Phi) is 5.09. The molecule has 4 nitrogen and oxygen atoms in total. The number of amides is 1. The summed E-state index contributed by atoms with van der Waals surface area (Å²) >= 11 is 0. The van der Waals surface area contributed by atoms with E-state index in [-0.39, 0.29) is 5.91 Å². The highest BCUT2D eigenvalue weighted by Gasteiger charge is 2.22. The third kappa shape index (κ3) is 4.23. The van der Waals surface area contributed by atoms with Crippen LogP contribution in [-0.4, -0.2) is 17.9 Å². The highest BCUT2D eigenvalue weighted by atomic mass is 16.5. The first-order valence-corrected chi connectivity index (χ1v) is 8.14. The molecule has 25 heavy (non-hydrogen) atoms. The smallest absolute Gasteiger partial charge is 0.334 e. The zero-order chi connectivity index (χ0) is 17.6. The Bertz CT molecular complexity index is 885. The summed E-state index contributed by atoms with van der Waals surface area (Å²) in [6.45, 7) is 1.39.